The molecule has 0 aliphatic heterocycles. The van der Waals surface area contributed by atoms with E-state index in [1.54, 1.807) is 31.2 Å². The molecule has 0 spiro atoms. The fraction of sp³-hybridized carbons (Fsp3) is 0.125. The highest BCUT2D eigenvalue weighted by Crippen LogP contribution is 2.15. The number of para-hydroxylation sites is 1. The van der Waals surface area contributed by atoms with Crippen LogP contribution in [0.1, 0.15) is 17.3 Å². The van der Waals surface area contributed by atoms with Gasteiger partial charge in [-0.2, -0.15) is 0 Å². The molecule has 0 aromatic heterocycles. The molecule has 2 aromatic carbocycles. The number of benzene rings is 2. The standard InChI is InChI=1S/C16H14O5/c1-2-19-15(17)12-8-10-14(11-9-12)21-16(18)20-13-6-4-3-5-7-13/h3-11H,2H2,1H3. The summed E-state index contributed by atoms with van der Waals surface area (Å²) in [6.07, 6.45) is -0.843. The number of ether oxygens (including phenoxy) is 3. The molecule has 108 valence electrons. The van der Waals surface area contributed by atoms with E-state index in [0.717, 1.165) is 0 Å². The molecule has 2 rings (SSSR count). The molecule has 0 heterocycles. The van der Waals surface area contributed by atoms with Gasteiger partial charge in [0.2, 0.25) is 0 Å². The zero-order valence-electron chi connectivity index (χ0n) is 11.4. The van der Waals surface area contributed by atoms with E-state index in [1.165, 1.54) is 24.3 Å². The highest BCUT2D eigenvalue weighted by molar-refractivity contribution is 5.89. The van der Waals surface area contributed by atoms with Crippen molar-refractivity contribution in [2.24, 2.45) is 0 Å². The van der Waals surface area contributed by atoms with Crippen molar-refractivity contribution in [3.05, 3.63) is 60.2 Å². The number of esters is 1. The molecule has 0 N–H and O–H groups in total. The Hall–Kier alpha value is -2.82. The number of hydrogen-bond donors (Lipinski definition) is 0. The van der Waals surface area contributed by atoms with Crippen molar-refractivity contribution in [1.82, 2.24) is 0 Å². The zero-order chi connectivity index (χ0) is 15.1. The molecule has 0 radical (unpaired) electrons. The Morgan fingerprint density at radius 2 is 1.43 bits per heavy atom. The lowest BCUT2D eigenvalue weighted by Gasteiger charge is -2.06. The lowest BCUT2D eigenvalue weighted by atomic mass is 10.2. The summed E-state index contributed by atoms with van der Waals surface area (Å²) >= 11 is 0. The van der Waals surface area contributed by atoms with E-state index in [0.29, 0.717) is 17.9 Å². The van der Waals surface area contributed by atoms with Gasteiger partial charge in [-0.1, -0.05) is 18.2 Å². The Bertz CT molecular complexity index is 604. The van der Waals surface area contributed by atoms with Gasteiger partial charge in [-0.15, -0.1) is 0 Å². The molecule has 0 fully saturated rings. The molecule has 0 saturated carbocycles. The highest BCUT2D eigenvalue weighted by Gasteiger charge is 2.10. The Balaban J connectivity index is 1.94. The van der Waals surface area contributed by atoms with Gasteiger partial charge in [-0.3, -0.25) is 0 Å². The Kier molecular flexibility index (Phi) is 4.93. The van der Waals surface area contributed by atoms with E-state index >= 15 is 0 Å². The van der Waals surface area contributed by atoms with Crippen LogP contribution in [0.5, 0.6) is 11.5 Å². The van der Waals surface area contributed by atoms with Gasteiger partial charge >= 0.3 is 12.1 Å². The molecule has 0 atom stereocenters. The molecule has 0 aliphatic carbocycles. The first-order chi connectivity index (χ1) is 10.2. The van der Waals surface area contributed by atoms with Crippen molar-refractivity contribution in [3.63, 3.8) is 0 Å². The Morgan fingerprint density at radius 1 is 0.857 bits per heavy atom. The van der Waals surface area contributed by atoms with E-state index < -0.39 is 12.1 Å². The van der Waals surface area contributed by atoms with Gasteiger partial charge in [0.15, 0.2) is 0 Å². The van der Waals surface area contributed by atoms with Crippen LogP contribution in [0, 0.1) is 0 Å². The lowest BCUT2D eigenvalue weighted by Crippen LogP contribution is -2.13. The maximum Gasteiger partial charge on any atom is 0.519 e. The topological polar surface area (TPSA) is 61.8 Å². The van der Waals surface area contributed by atoms with Gasteiger partial charge in [0.25, 0.3) is 0 Å². The summed E-state index contributed by atoms with van der Waals surface area (Å²) in [4.78, 5) is 23.0. The summed E-state index contributed by atoms with van der Waals surface area (Å²) in [5.41, 5.74) is 0.389. The summed E-state index contributed by atoms with van der Waals surface area (Å²) < 4.78 is 14.8. The number of carbonyl (C=O) groups excluding carboxylic acids is 2. The van der Waals surface area contributed by atoms with Crippen LogP contribution in [0.4, 0.5) is 4.79 Å². The predicted molar refractivity (Wildman–Crippen MR) is 75.5 cm³/mol. The van der Waals surface area contributed by atoms with E-state index in [4.69, 9.17) is 14.2 Å². The molecule has 5 nitrogen and oxygen atoms in total. The largest absolute Gasteiger partial charge is 0.519 e. The van der Waals surface area contributed by atoms with Crippen LogP contribution in [-0.4, -0.2) is 18.7 Å². The molecule has 0 unspecified atom stereocenters. The normalized spacial score (nSPS) is 9.76. The third-order valence-corrected chi connectivity index (χ3v) is 2.51. The van der Waals surface area contributed by atoms with Crippen molar-refractivity contribution in [1.29, 1.82) is 0 Å². The fourth-order valence-electron chi connectivity index (χ4n) is 1.58. The van der Waals surface area contributed by atoms with Crippen LogP contribution >= 0.6 is 0 Å². The van der Waals surface area contributed by atoms with Gasteiger partial charge in [-0.05, 0) is 43.3 Å². The summed E-state index contributed by atoms with van der Waals surface area (Å²) in [7, 11) is 0. The molecule has 0 aliphatic rings. The maximum absolute atomic E-state index is 11.6. The lowest BCUT2D eigenvalue weighted by molar-refractivity contribution is 0.0526. The average Bonchev–Trinajstić information content (AvgIpc) is 2.49. The third-order valence-electron chi connectivity index (χ3n) is 2.51. The van der Waals surface area contributed by atoms with Gasteiger partial charge in [0, 0.05) is 0 Å². The first-order valence-electron chi connectivity index (χ1n) is 6.41. The van der Waals surface area contributed by atoms with Crippen LogP contribution in [-0.2, 0) is 4.74 Å². The molecule has 0 bridgehead atoms. The number of carbonyl (C=O) groups is 2. The molecule has 0 saturated heterocycles. The minimum atomic E-state index is -0.843. The summed E-state index contributed by atoms with van der Waals surface area (Å²) in [5.74, 6) is 0.255. The summed E-state index contributed by atoms with van der Waals surface area (Å²) in [6.45, 7) is 2.04. The average molecular weight is 286 g/mol. The summed E-state index contributed by atoms with van der Waals surface area (Å²) in [5, 5.41) is 0. The first-order valence-corrected chi connectivity index (χ1v) is 6.41. The SMILES string of the molecule is CCOC(=O)c1ccc(OC(=O)Oc2ccccc2)cc1. The second-order valence-corrected chi connectivity index (χ2v) is 4.01. The highest BCUT2D eigenvalue weighted by atomic mass is 16.7. The van der Waals surface area contributed by atoms with E-state index in [-0.39, 0.29) is 5.75 Å². The van der Waals surface area contributed by atoms with Crippen LogP contribution in [0.2, 0.25) is 0 Å². The van der Waals surface area contributed by atoms with Gasteiger partial charge in [0.1, 0.15) is 11.5 Å². The minimum Gasteiger partial charge on any atom is -0.462 e. The second-order valence-electron chi connectivity index (χ2n) is 4.01. The van der Waals surface area contributed by atoms with Crippen molar-refractivity contribution in [3.8, 4) is 11.5 Å². The van der Waals surface area contributed by atoms with Crippen LogP contribution in [0.3, 0.4) is 0 Å². The smallest absolute Gasteiger partial charge is 0.462 e. The maximum atomic E-state index is 11.6. The van der Waals surface area contributed by atoms with Gasteiger partial charge in [0.05, 0.1) is 12.2 Å². The van der Waals surface area contributed by atoms with E-state index in [9.17, 15) is 9.59 Å². The molecular formula is C16H14O5. The van der Waals surface area contributed by atoms with E-state index in [1.807, 2.05) is 6.07 Å². The molecular weight excluding hydrogens is 272 g/mol. The molecule has 21 heavy (non-hydrogen) atoms. The first kappa shape index (κ1) is 14.6. The fourth-order valence-corrected chi connectivity index (χ4v) is 1.58. The zero-order valence-corrected chi connectivity index (χ0v) is 11.4. The van der Waals surface area contributed by atoms with Gasteiger partial charge in [-0.25, -0.2) is 9.59 Å². The van der Waals surface area contributed by atoms with E-state index in [2.05, 4.69) is 0 Å². The second kappa shape index (κ2) is 7.09. The van der Waals surface area contributed by atoms with Crippen molar-refractivity contribution in [2.75, 3.05) is 6.61 Å². The summed E-state index contributed by atoms with van der Waals surface area (Å²) in [6, 6.07) is 14.6. The van der Waals surface area contributed by atoms with Gasteiger partial charge < -0.3 is 14.2 Å². The third kappa shape index (κ3) is 4.35. The number of hydrogen-bond acceptors (Lipinski definition) is 5. The Morgan fingerprint density at radius 3 is 2.00 bits per heavy atom. The minimum absolute atomic E-state index is 0.281. The van der Waals surface area contributed by atoms with Crippen molar-refractivity contribution < 1.29 is 23.8 Å². The molecule has 5 heteroatoms. The van der Waals surface area contributed by atoms with Crippen LogP contribution < -0.4 is 9.47 Å². The predicted octanol–water partition coefficient (Wildman–Crippen LogP) is 3.44. The quantitative estimate of drug-likeness (QED) is 0.636. The monoisotopic (exact) mass is 286 g/mol. The molecule has 0 amide bonds. The molecule has 2 aromatic rings. The van der Waals surface area contributed by atoms with Crippen molar-refractivity contribution >= 4 is 12.1 Å². The number of rotatable bonds is 4. The van der Waals surface area contributed by atoms with Crippen LogP contribution in [0.15, 0.2) is 54.6 Å². The van der Waals surface area contributed by atoms with Crippen molar-refractivity contribution in [2.45, 2.75) is 6.92 Å². The Labute approximate surface area is 122 Å². The van der Waals surface area contributed by atoms with Crippen LogP contribution in [0.25, 0.3) is 0 Å².